The third-order valence-electron chi connectivity index (χ3n) is 7.58. The molecule has 1 aliphatic heterocycles. The molecule has 9 nitrogen and oxygen atoms in total. The molecule has 5 aromatic rings. The first-order valence-electron chi connectivity index (χ1n) is 13.9. The minimum Gasteiger partial charge on any atom is -0.494 e. The highest BCUT2D eigenvalue weighted by Gasteiger charge is 2.33. The van der Waals surface area contributed by atoms with E-state index in [0.717, 1.165) is 23.1 Å². The number of ether oxygens (including phenoxy) is 1. The third kappa shape index (κ3) is 5.69. The van der Waals surface area contributed by atoms with Crippen LogP contribution in [-0.4, -0.2) is 62.9 Å². The van der Waals surface area contributed by atoms with Gasteiger partial charge in [-0.05, 0) is 65.7 Å². The van der Waals surface area contributed by atoms with Gasteiger partial charge in [-0.2, -0.15) is 0 Å². The van der Waals surface area contributed by atoms with Gasteiger partial charge in [0.25, 0.3) is 5.56 Å². The van der Waals surface area contributed by atoms with E-state index in [0.29, 0.717) is 56.4 Å². The van der Waals surface area contributed by atoms with Gasteiger partial charge in [-0.1, -0.05) is 42.5 Å². The second-order valence-corrected chi connectivity index (χ2v) is 10.1. The monoisotopic (exact) mass is 553 g/mol. The predicted molar refractivity (Wildman–Crippen MR) is 156 cm³/mol. The van der Waals surface area contributed by atoms with Crippen molar-refractivity contribution in [2.24, 2.45) is 0 Å². The topological polar surface area (TPSA) is 92.2 Å². The molecule has 0 saturated carbocycles. The predicted octanol–water partition coefficient (Wildman–Crippen LogP) is 4.21. The number of nitrogens with one attached hydrogen (secondary N) is 1. The minimum absolute atomic E-state index is 0.194. The van der Waals surface area contributed by atoms with Crippen LogP contribution in [-0.2, 0) is 13.0 Å². The van der Waals surface area contributed by atoms with E-state index in [4.69, 9.17) is 4.74 Å². The summed E-state index contributed by atoms with van der Waals surface area (Å²) in [5, 5.41) is 13.7. The number of halogens is 1. The van der Waals surface area contributed by atoms with E-state index in [1.165, 1.54) is 11.6 Å². The van der Waals surface area contributed by atoms with Gasteiger partial charge >= 0.3 is 0 Å². The first-order chi connectivity index (χ1) is 20.1. The Balaban J connectivity index is 1.36. The smallest absolute Gasteiger partial charge is 0.253 e. The van der Waals surface area contributed by atoms with Crippen molar-refractivity contribution >= 4 is 16.6 Å². The van der Waals surface area contributed by atoms with E-state index < -0.39 is 6.04 Å². The van der Waals surface area contributed by atoms with Crippen LogP contribution in [0.15, 0.2) is 83.7 Å². The van der Waals surface area contributed by atoms with Gasteiger partial charge in [0, 0.05) is 49.2 Å². The standard InChI is InChI=1S/C31H32FN7O2/c1-2-41-24-12-13-27-23(20-24)21-25(31(40)33-27)29(30-34-35-36-39(30)15-14-22-8-4-3-5-9-22)38-18-16-37(17-19-38)28-11-7-6-10-26(28)32/h3-13,20-21,29H,2,14-19H2,1H3,(H,33,40)/t29-/m1/s1. The molecule has 0 spiro atoms. The summed E-state index contributed by atoms with van der Waals surface area (Å²) < 4.78 is 22.1. The number of anilines is 1. The third-order valence-corrected chi connectivity index (χ3v) is 7.58. The second-order valence-electron chi connectivity index (χ2n) is 10.1. The number of hydrogen-bond donors (Lipinski definition) is 1. The molecular weight excluding hydrogens is 521 g/mol. The Labute approximate surface area is 237 Å². The number of nitrogens with zero attached hydrogens (tertiary/aromatic N) is 6. The Morgan fingerprint density at radius 2 is 1.76 bits per heavy atom. The van der Waals surface area contributed by atoms with Crippen LogP contribution in [0.25, 0.3) is 10.9 Å². The first-order valence-corrected chi connectivity index (χ1v) is 13.9. The van der Waals surface area contributed by atoms with E-state index >= 15 is 0 Å². The number of piperazine rings is 1. The van der Waals surface area contributed by atoms with E-state index in [9.17, 15) is 9.18 Å². The molecule has 10 heteroatoms. The van der Waals surface area contributed by atoms with Gasteiger partial charge in [0.15, 0.2) is 5.82 Å². The Kier molecular flexibility index (Phi) is 7.73. The molecule has 1 aliphatic rings. The Morgan fingerprint density at radius 1 is 0.976 bits per heavy atom. The van der Waals surface area contributed by atoms with Crippen molar-refractivity contribution in [1.29, 1.82) is 0 Å². The highest BCUT2D eigenvalue weighted by Crippen LogP contribution is 2.30. The fourth-order valence-electron chi connectivity index (χ4n) is 5.54. The zero-order valence-electron chi connectivity index (χ0n) is 22.9. The summed E-state index contributed by atoms with van der Waals surface area (Å²) in [7, 11) is 0. The Hall–Kier alpha value is -4.57. The lowest BCUT2D eigenvalue weighted by molar-refractivity contribution is 0.199. The molecule has 6 rings (SSSR count). The van der Waals surface area contributed by atoms with Crippen molar-refractivity contribution in [3.8, 4) is 5.75 Å². The van der Waals surface area contributed by atoms with E-state index in [1.54, 1.807) is 16.8 Å². The zero-order valence-corrected chi connectivity index (χ0v) is 22.9. The number of pyridine rings is 1. The molecule has 0 unspecified atom stereocenters. The van der Waals surface area contributed by atoms with Crippen LogP contribution in [0.5, 0.6) is 5.75 Å². The number of benzene rings is 3. The molecule has 210 valence electrons. The number of tetrazole rings is 1. The summed E-state index contributed by atoms with van der Waals surface area (Å²) in [6, 6.07) is 24.1. The SMILES string of the molecule is CCOc1ccc2[nH]c(=O)c([C@H](c3nnnn3CCc3ccccc3)N3CCN(c4ccccc4F)CC3)cc2c1. The number of H-pyrrole nitrogens is 1. The highest BCUT2D eigenvalue weighted by atomic mass is 19.1. The first kappa shape index (κ1) is 26.6. The van der Waals surface area contributed by atoms with Crippen LogP contribution >= 0.6 is 0 Å². The number of rotatable bonds is 9. The average Bonchev–Trinajstić information content (AvgIpc) is 3.46. The lowest BCUT2D eigenvalue weighted by Crippen LogP contribution is -2.49. The van der Waals surface area contributed by atoms with Crippen LogP contribution in [0.3, 0.4) is 0 Å². The van der Waals surface area contributed by atoms with E-state index in [2.05, 4.69) is 37.5 Å². The van der Waals surface area contributed by atoms with Crippen molar-refractivity contribution in [2.45, 2.75) is 25.9 Å². The molecule has 1 atom stereocenters. The molecule has 0 aliphatic carbocycles. The molecule has 3 aromatic carbocycles. The van der Waals surface area contributed by atoms with Crippen molar-refractivity contribution in [2.75, 3.05) is 37.7 Å². The van der Waals surface area contributed by atoms with Gasteiger partial charge in [0.05, 0.1) is 12.3 Å². The van der Waals surface area contributed by atoms with Gasteiger partial charge in [-0.25, -0.2) is 9.07 Å². The number of fused-ring (bicyclic) bond motifs is 1. The lowest BCUT2D eigenvalue weighted by Gasteiger charge is -2.39. The fourth-order valence-corrected chi connectivity index (χ4v) is 5.54. The maximum absolute atomic E-state index is 14.5. The molecular formula is C31H32FN7O2. The van der Waals surface area contributed by atoms with Crippen LogP contribution in [0, 0.1) is 5.82 Å². The van der Waals surface area contributed by atoms with Crippen molar-refractivity contribution in [3.63, 3.8) is 0 Å². The van der Waals surface area contributed by atoms with Crippen LogP contribution in [0.4, 0.5) is 10.1 Å². The molecule has 0 bridgehead atoms. The van der Waals surface area contributed by atoms with Gasteiger partial charge < -0.3 is 14.6 Å². The molecule has 3 heterocycles. The number of aromatic amines is 1. The zero-order chi connectivity index (χ0) is 28.2. The quantitative estimate of drug-likeness (QED) is 0.292. The van der Waals surface area contributed by atoms with Gasteiger partial charge in [-0.3, -0.25) is 9.69 Å². The maximum Gasteiger partial charge on any atom is 0.253 e. The Morgan fingerprint density at radius 3 is 2.54 bits per heavy atom. The minimum atomic E-state index is -0.493. The second kappa shape index (κ2) is 11.9. The molecule has 41 heavy (non-hydrogen) atoms. The van der Waals surface area contributed by atoms with Crippen molar-refractivity contribution in [1.82, 2.24) is 30.1 Å². The molecule has 1 saturated heterocycles. The summed E-state index contributed by atoms with van der Waals surface area (Å²) in [6.45, 7) is 5.45. The Bertz CT molecular complexity index is 1680. The molecule has 0 amide bonds. The summed E-state index contributed by atoms with van der Waals surface area (Å²) in [6.07, 6.45) is 0.748. The lowest BCUT2D eigenvalue weighted by atomic mass is 10.0. The molecule has 1 N–H and O–H groups in total. The van der Waals surface area contributed by atoms with Crippen LogP contribution in [0.1, 0.15) is 29.9 Å². The normalized spacial score (nSPS) is 14.8. The van der Waals surface area contributed by atoms with Crippen molar-refractivity contribution in [3.05, 3.63) is 112 Å². The van der Waals surface area contributed by atoms with E-state index in [-0.39, 0.29) is 11.4 Å². The summed E-state index contributed by atoms with van der Waals surface area (Å²) >= 11 is 0. The average molecular weight is 554 g/mol. The van der Waals surface area contributed by atoms with E-state index in [1.807, 2.05) is 60.4 Å². The molecule has 0 radical (unpaired) electrons. The molecule has 2 aromatic heterocycles. The summed E-state index contributed by atoms with van der Waals surface area (Å²) in [5.41, 5.74) is 2.86. The number of hydrogen-bond acceptors (Lipinski definition) is 7. The molecule has 1 fully saturated rings. The maximum atomic E-state index is 14.5. The highest BCUT2D eigenvalue weighted by molar-refractivity contribution is 5.80. The number of aromatic nitrogens is 5. The number of aryl methyl sites for hydroxylation is 2. The largest absolute Gasteiger partial charge is 0.494 e. The van der Waals surface area contributed by atoms with Crippen LogP contribution in [0.2, 0.25) is 0 Å². The summed E-state index contributed by atoms with van der Waals surface area (Å²) in [5.74, 6) is 1.10. The van der Waals surface area contributed by atoms with Gasteiger partial charge in [0.2, 0.25) is 0 Å². The van der Waals surface area contributed by atoms with Crippen LogP contribution < -0.4 is 15.2 Å². The van der Waals surface area contributed by atoms with Crippen molar-refractivity contribution < 1.29 is 9.13 Å². The number of para-hydroxylation sites is 1. The summed E-state index contributed by atoms with van der Waals surface area (Å²) in [4.78, 5) is 20.9. The van der Waals surface area contributed by atoms with Gasteiger partial charge in [-0.15, -0.1) is 5.10 Å². The van der Waals surface area contributed by atoms with Gasteiger partial charge in [0.1, 0.15) is 17.6 Å². The fraction of sp³-hybridized carbons (Fsp3) is 0.290.